The van der Waals surface area contributed by atoms with E-state index >= 15 is 0 Å². The minimum absolute atomic E-state index is 0.224. The molecule has 0 saturated carbocycles. The topological polar surface area (TPSA) is 58.4 Å². The van der Waals surface area contributed by atoms with Crippen LogP contribution in [0.15, 0.2) is 24.3 Å². The summed E-state index contributed by atoms with van der Waals surface area (Å²) < 4.78 is 0. The molecule has 0 bridgehead atoms. The van der Waals surface area contributed by atoms with Crippen LogP contribution in [-0.4, -0.2) is 42.0 Å². The van der Waals surface area contributed by atoms with Crippen LogP contribution in [0.3, 0.4) is 0 Å². The first-order chi connectivity index (χ1) is 9.66. The summed E-state index contributed by atoms with van der Waals surface area (Å²) >= 11 is 0. The summed E-state index contributed by atoms with van der Waals surface area (Å²) in [6, 6.07) is 7.41. The van der Waals surface area contributed by atoms with Crippen molar-refractivity contribution in [3.63, 3.8) is 0 Å². The smallest absolute Gasteiger partial charge is 0.272 e. The van der Waals surface area contributed by atoms with Gasteiger partial charge in [-0.3, -0.25) is 10.1 Å². The zero-order valence-corrected chi connectivity index (χ0v) is 12.0. The van der Waals surface area contributed by atoms with Crippen LogP contribution in [0, 0.1) is 10.1 Å². The van der Waals surface area contributed by atoms with Crippen LogP contribution in [0.5, 0.6) is 0 Å². The second kappa shape index (κ2) is 7.36. The lowest BCUT2D eigenvalue weighted by atomic mass is 10.1. The van der Waals surface area contributed by atoms with E-state index in [9.17, 15) is 10.1 Å². The van der Waals surface area contributed by atoms with Gasteiger partial charge in [-0.25, -0.2) is 0 Å². The van der Waals surface area contributed by atoms with Gasteiger partial charge >= 0.3 is 0 Å². The molecule has 1 aromatic rings. The molecule has 2 rings (SSSR count). The Labute approximate surface area is 120 Å². The van der Waals surface area contributed by atoms with Crippen molar-refractivity contribution in [1.82, 2.24) is 10.2 Å². The molecule has 1 heterocycles. The van der Waals surface area contributed by atoms with E-state index in [2.05, 4.69) is 17.1 Å². The molecule has 5 heteroatoms. The number of benzene rings is 1. The fourth-order valence-electron chi connectivity index (χ4n) is 2.77. The molecule has 20 heavy (non-hydrogen) atoms. The molecule has 0 aliphatic carbocycles. The van der Waals surface area contributed by atoms with Crippen molar-refractivity contribution in [1.29, 1.82) is 0 Å². The quantitative estimate of drug-likeness (QED) is 0.613. The normalized spacial score (nSPS) is 17.2. The Morgan fingerprint density at radius 3 is 2.75 bits per heavy atom. The summed E-state index contributed by atoms with van der Waals surface area (Å²) in [7, 11) is 0. The van der Waals surface area contributed by atoms with Gasteiger partial charge < -0.3 is 10.2 Å². The van der Waals surface area contributed by atoms with E-state index in [1.165, 1.54) is 25.9 Å². The maximum Gasteiger partial charge on any atom is 0.272 e. The van der Waals surface area contributed by atoms with Crippen LogP contribution in [0.25, 0.3) is 0 Å². The minimum Gasteiger partial charge on any atom is -0.313 e. The van der Waals surface area contributed by atoms with Gasteiger partial charge in [-0.05, 0) is 45.8 Å². The van der Waals surface area contributed by atoms with Crippen LogP contribution < -0.4 is 5.32 Å². The molecule has 110 valence electrons. The molecule has 0 spiro atoms. The van der Waals surface area contributed by atoms with Gasteiger partial charge in [0, 0.05) is 24.2 Å². The summed E-state index contributed by atoms with van der Waals surface area (Å²) in [5.41, 5.74) is 1.03. The summed E-state index contributed by atoms with van der Waals surface area (Å²) in [5.74, 6) is 0. The molecule has 0 radical (unpaired) electrons. The lowest BCUT2D eigenvalue weighted by molar-refractivity contribution is -0.385. The van der Waals surface area contributed by atoms with Gasteiger partial charge in [-0.1, -0.05) is 18.2 Å². The zero-order valence-electron chi connectivity index (χ0n) is 12.0. The van der Waals surface area contributed by atoms with Crippen LogP contribution in [0.4, 0.5) is 5.69 Å². The van der Waals surface area contributed by atoms with Gasteiger partial charge in [0.25, 0.3) is 5.69 Å². The van der Waals surface area contributed by atoms with Crippen molar-refractivity contribution in [2.24, 2.45) is 0 Å². The Morgan fingerprint density at radius 2 is 2.05 bits per heavy atom. The Bertz CT molecular complexity index is 444. The first-order valence-electron chi connectivity index (χ1n) is 7.35. The number of nitro benzene ring substituents is 1. The summed E-state index contributed by atoms with van der Waals surface area (Å²) in [4.78, 5) is 13.1. The van der Waals surface area contributed by atoms with Gasteiger partial charge in [-0.15, -0.1) is 0 Å². The van der Waals surface area contributed by atoms with Gasteiger partial charge in [0.15, 0.2) is 0 Å². The number of nitro groups is 1. The average molecular weight is 277 g/mol. The number of rotatable bonds is 7. The number of likely N-dealkylation sites (tertiary alicyclic amines) is 1. The first-order valence-corrected chi connectivity index (χ1v) is 7.35. The van der Waals surface area contributed by atoms with Crippen LogP contribution in [0.2, 0.25) is 0 Å². The molecule has 1 aromatic carbocycles. The predicted molar refractivity (Wildman–Crippen MR) is 79.9 cm³/mol. The highest BCUT2D eigenvalue weighted by atomic mass is 16.6. The van der Waals surface area contributed by atoms with E-state index in [0.717, 1.165) is 18.7 Å². The molecule has 1 atom stereocenters. The van der Waals surface area contributed by atoms with Crippen molar-refractivity contribution in [2.75, 3.05) is 26.2 Å². The molecular formula is C15H23N3O2. The Kier molecular flexibility index (Phi) is 5.49. The summed E-state index contributed by atoms with van der Waals surface area (Å²) in [6.07, 6.45) is 3.31. The number of para-hydroxylation sites is 1. The molecule has 1 fully saturated rings. The number of nitrogens with zero attached hydrogens (tertiary/aromatic N) is 2. The summed E-state index contributed by atoms with van der Waals surface area (Å²) in [6.45, 7) is 6.43. The van der Waals surface area contributed by atoms with E-state index in [0.29, 0.717) is 12.5 Å². The molecule has 1 aliphatic heterocycles. The lowest BCUT2D eigenvalue weighted by Gasteiger charge is -2.21. The van der Waals surface area contributed by atoms with Crippen LogP contribution >= 0.6 is 0 Å². The van der Waals surface area contributed by atoms with E-state index in [1.54, 1.807) is 12.1 Å². The molecule has 1 unspecified atom stereocenters. The SMILES string of the molecule is CC(CN1CCCC1)NCCc1ccccc1[N+](=O)[O-]. The van der Waals surface area contributed by atoms with Gasteiger partial charge in [0.2, 0.25) is 0 Å². The maximum absolute atomic E-state index is 10.9. The van der Waals surface area contributed by atoms with Gasteiger partial charge in [0.1, 0.15) is 0 Å². The predicted octanol–water partition coefficient (Wildman–Crippen LogP) is 2.21. The van der Waals surface area contributed by atoms with Crippen molar-refractivity contribution in [3.8, 4) is 0 Å². The number of nitrogens with one attached hydrogen (secondary N) is 1. The fourth-order valence-corrected chi connectivity index (χ4v) is 2.77. The zero-order chi connectivity index (χ0) is 14.4. The van der Waals surface area contributed by atoms with E-state index in [1.807, 2.05) is 12.1 Å². The third kappa shape index (κ3) is 4.28. The largest absolute Gasteiger partial charge is 0.313 e. The second-order valence-electron chi connectivity index (χ2n) is 5.50. The monoisotopic (exact) mass is 277 g/mol. The van der Waals surface area contributed by atoms with Crippen molar-refractivity contribution in [2.45, 2.75) is 32.2 Å². The molecule has 5 nitrogen and oxygen atoms in total. The molecule has 1 saturated heterocycles. The molecule has 0 amide bonds. The highest BCUT2D eigenvalue weighted by molar-refractivity contribution is 5.39. The molecule has 1 N–H and O–H groups in total. The highest BCUT2D eigenvalue weighted by Crippen LogP contribution is 2.17. The van der Waals surface area contributed by atoms with E-state index < -0.39 is 0 Å². The van der Waals surface area contributed by atoms with Crippen molar-refractivity contribution >= 4 is 5.69 Å². The van der Waals surface area contributed by atoms with Gasteiger partial charge in [-0.2, -0.15) is 0 Å². The maximum atomic E-state index is 10.9. The number of hydrogen-bond acceptors (Lipinski definition) is 4. The first kappa shape index (κ1) is 14.9. The average Bonchev–Trinajstić information content (AvgIpc) is 2.92. The third-order valence-corrected chi connectivity index (χ3v) is 3.81. The third-order valence-electron chi connectivity index (χ3n) is 3.81. The Morgan fingerprint density at radius 1 is 1.35 bits per heavy atom. The van der Waals surface area contributed by atoms with E-state index in [-0.39, 0.29) is 10.6 Å². The van der Waals surface area contributed by atoms with Crippen LogP contribution in [0.1, 0.15) is 25.3 Å². The highest BCUT2D eigenvalue weighted by Gasteiger charge is 2.15. The molecular weight excluding hydrogens is 254 g/mol. The fraction of sp³-hybridized carbons (Fsp3) is 0.600. The number of hydrogen-bond donors (Lipinski definition) is 1. The van der Waals surface area contributed by atoms with Crippen molar-refractivity contribution < 1.29 is 4.92 Å². The Balaban J connectivity index is 1.76. The molecule has 0 aromatic heterocycles. The van der Waals surface area contributed by atoms with Gasteiger partial charge in [0.05, 0.1) is 4.92 Å². The molecule has 1 aliphatic rings. The minimum atomic E-state index is -0.303. The van der Waals surface area contributed by atoms with Crippen molar-refractivity contribution in [3.05, 3.63) is 39.9 Å². The lowest BCUT2D eigenvalue weighted by Crippen LogP contribution is -2.38. The van der Waals surface area contributed by atoms with Crippen LogP contribution in [-0.2, 0) is 6.42 Å². The Hall–Kier alpha value is -1.46. The summed E-state index contributed by atoms with van der Waals surface area (Å²) in [5, 5.41) is 14.4. The second-order valence-corrected chi connectivity index (χ2v) is 5.50. The standard InChI is InChI=1S/C15H23N3O2/c1-13(12-17-10-4-5-11-17)16-9-8-14-6-2-3-7-15(14)18(19)20/h2-3,6-7,13,16H,4-5,8-12H2,1H3. The van der Waals surface area contributed by atoms with E-state index in [4.69, 9.17) is 0 Å².